The van der Waals surface area contributed by atoms with Crippen molar-refractivity contribution in [2.24, 2.45) is 0 Å². The molecule has 1 aromatic carbocycles. The molecule has 1 aromatic rings. The average Bonchev–Trinajstić information content (AvgIpc) is 2.37. The van der Waals surface area contributed by atoms with E-state index in [1.165, 1.54) is 5.56 Å². The third-order valence-electron chi connectivity index (χ3n) is 3.56. The minimum absolute atomic E-state index is 0.00764. The number of carbonyl (C=O) groups is 1. The molecular weight excluding hydrogens is 294 g/mol. The molecule has 1 fully saturated rings. The van der Waals surface area contributed by atoms with Crippen LogP contribution in [0.1, 0.15) is 25.3 Å². The van der Waals surface area contributed by atoms with E-state index < -0.39 is 0 Å². The highest BCUT2D eigenvalue weighted by Crippen LogP contribution is 2.35. The van der Waals surface area contributed by atoms with Crippen molar-refractivity contribution in [3.8, 4) is 0 Å². The van der Waals surface area contributed by atoms with Gasteiger partial charge in [-0.25, -0.2) is 0 Å². The normalized spacial score (nSPS) is 18.3. The maximum atomic E-state index is 11.2. The average molecular weight is 312 g/mol. The molecule has 0 saturated carbocycles. The van der Waals surface area contributed by atoms with Crippen molar-refractivity contribution in [2.45, 2.75) is 25.2 Å². The molecule has 1 saturated heterocycles. The lowest BCUT2D eigenvalue weighted by atomic mass is 9.74. The zero-order valence-electron chi connectivity index (χ0n) is 10.5. The lowest BCUT2D eigenvalue weighted by Gasteiger charge is -2.38. The molecule has 0 unspecified atom stereocenters. The molecule has 1 heterocycles. The summed E-state index contributed by atoms with van der Waals surface area (Å²) in [6.07, 6.45) is 1.90. The molecule has 0 spiro atoms. The number of hydrogen-bond acceptors (Lipinski definition) is 2. The van der Waals surface area contributed by atoms with Gasteiger partial charge in [0.25, 0.3) is 0 Å². The fourth-order valence-electron chi connectivity index (χ4n) is 2.44. The molecule has 3 nitrogen and oxygen atoms in total. The number of rotatable bonds is 3. The number of ether oxygens (including phenoxy) is 1. The maximum absolute atomic E-state index is 11.2. The molecule has 0 radical (unpaired) electrons. The van der Waals surface area contributed by atoms with Crippen molar-refractivity contribution in [3.05, 3.63) is 34.3 Å². The Morgan fingerprint density at radius 1 is 1.44 bits per heavy atom. The summed E-state index contributed by atoms with van der Waals surface area (Å²) < 4.78 is 6.54. The Kier molecular flexibility index (Phi) is 4.40. The first-order valence-corrected chi connectivity index (χ1v) is 7.00. The molecule has 0 aliphatic carbocycles. The summed E-state index contributed by atoms with van der Waals surface area (Å²) in [4.78, 5) is 11.2. The highest BCUT2D eigenvalue weighted by molar-refractivity contribution is 9.10. The third-order valence-corrected chi connectivity index (χ3v) is 4.06. The van der Waals surface area contributed by atoms with Crippen LogP contribution in [0.5, 0.6) is 0 Å². The number of nitrogens with one attached hydrogen (secondary N) is 1. The van der Waals surface area contributed by atoms with Crippen LogP contribution in [0.15, 0.2) is 28.7 Å². The summed E-state index contributed by atoms with van der Waals surface area (Å²) in [6, 6.07) is 8.35. The number of halogens is 1. The van der Waals surface area contributed by atoms with Crippen molar-refractivity contribution < 1.29 is 9.53 Å². The molecule has 4 heteroatoms. The number of amides is 1. The smallest absolute Gasteiger partial charge is 0.216 e. The van der Waals surface area contributed by atoms with E-state index in [4.69, 9.17) is 4.74 Å². The van der Waals surface area contributed by atoms with E-state index in [0.29, 0.717) is 6.54 Å². The fourth-order valence-corrected chi connectivity index (χ4v) is 2.84. The van der Waals surface area contributed by atoms with E-state index in [0.717, 1.165) is 30.5 Å². The summed E-state index contributed by atoms with van der Waals surface area (Å²) in [5, 5.41) is 2.96. The van der Waals surface area contributed by atoms with Gasteiger partial charge in [0.15, 0.2) is 0 Å². The summed E-state index contributed by atoms with van der Waals surface area (Å²) in [5.41, 5.74) is 1.28. The van der Waals surface area contributed by atoms with E-state index in [9.17, 15) is 4.79 Å². The summed E-state index contributed by atoms with van der Waals surface area (Å²) in [5.74, 6) is 0.0239. The molecule has 1 aliphatic heterocycles. The minimum Gasteiger partial charge on any atom is -0.381 e. The third kappa shape index (κ3) is 3.12. The monoisotopic (exact) mass is 311 g/mol. The highest BCUT2D eigenvalue weighted by Gasteiger charge is 2.34. The lowest BCUT2D eigenvalue weighted by Crippen LogP contribution is -2.44. The zero-order chi connectivity index (χ0) is 13.0. The van der Waals surface area contributed by atoms with Crippen LogP contribution in [0.25, 0.3) is 0 Å². The fraction of sp³-hybridized carbons (Fsp3) is 0.500. The van der Waals surface area contributed by atoms with Gasteiger partial charge in [0.05, 0.1) is 0 Å². The second kappa shape index (κ2) is 5.85. The maximum Gasteiger partial charge on any atom is 0.216 e. The topological polar surface area (TPSA) is 38.3 Å². The Morgan fingerprint density at radius 3 is 2.78 bits per heavy atom. The van der Waals surface area contributed by atoms with Crippen LogP contribution < -0.4 is 5.32 Å². The molecule has 1 N–H and O–H groups in total. The van der Waals surface area contributed by atoms with Crippen molar-refractivity contribution in [3.63, 3.8) is 0 Å². The summed E-state index contributed by atoms with van der Waals surface area (Å²) >= 11 is 3.51. The van der Waals surface area contributed by atoms with Gasteiger partial charge in [-0.1, -0.05) is 28.1 Å². The van der Waals surface area contributed by atoms with Gasteiger partial charge in [-0.3, -0.25) is 4.79 Å². The van der Waals surface area contributed by atoms with Crippen LogP contribution in [-0.4, -0.2) is 25.7 Å². The molecule has 18 heavy (non-hydrogen) atoms. The van der Waals surface area contributed by atoms with Crippen LogP contribution in [0.2, 0.25) is 0 Å². The Morgan fingerprint density at radius 2 is 2.17 bits per heavy atom. The van der Waals surface area contributed by atoms with E-state index >= 15 is 0 Å². The summed E-state index contributed by atoms with van der Waals surface area (Å²) in [6.45, 7) is 3.76. The van der Waals surface area contributed by atoms with Gasteiger partial charge in [-0.15, -0.1) is 0 Å². The van der Waals surface area contributed by atoms with Crippen LogP contribution in [0.3, 0.4) is 0 Å². The first-order valence-electron chi connectivity index (χ1n) is 6.21. The minimum atomic E-state index is 0.00764. The van der Waals surface area contributed by atoms with E-state index in [1.54, 1.807) is 6.92 Å². The molecule has 1 amide bonds. The van der Waals surface area contributed by atoms with Gasteiger partial charge in [-0.05, 0) is 30.5 Å². The van der Waals surface area contributed by atoms with Crippen LogP contribution in [-0.2, 0) is 14.9 Å². The van der Waals surface area contributed by atoms with Gasteiger partial charge in [0.1, 0.15) is 0 Å². The van der Waals surface area contributed by atoms with Gasteiger partial charge < -0.3 is 10.1 Å². The van der Waals surface area contributed by atoms with Crippen LogP contribution >= 0.6 is 15.9 Å². The predicted molar refractivity (Wildman–Crippen MR) is 74.6 cm³/mol. The predicted octanol–water partition coefficient (Wildman–Crippen LogP) is 2.63. The molecule has 0 atom stereocenters. The largest absolute Gasteiger partial charge is 0.381 e. The van der Waals surface area contributed by atoms with Gasteiger partial charge >= 0.3 is 0 Å². The molecule has 98 valence electrons. The zero-order valence-corrected chi connectivity index (χ0v) is 12.1. The Balaban J connectivity index is 2.25. The molecule has 0 aromatic heterocycles. The molecular formula is C14H18BrNO2. The van der Waals surface area contributed by atoms with Gasteiger partial charge in [0, 0.05) is 36.6 Å². The van der Waals surface area contributed by atoms with Crippen molar-refractivity contribution in [1.82, 2.24) is 5.32 Å². The number of benzene rings is 1. The van der Waals surface area contributed by atoms with E-state index in [1.807, 2.05) is 12.1 Å². The van der Waals surface area contributed by atoms with Crippen molar-refractivity contribution >= 4 is 21.8 Å². The highest BCUT2D eigenvalue weighted by atomic mass is 79.9. The quantitative estimate of drug-likeness (QED) is 0.932. The molecule has 2 rings (SSSR count). The second-order valence-corrected chi connectivity index (χ2v) is 5.73. The SMILES string of the molecule is CC(=O)NCC1(c2cccc(Br)c2)CCOCC1. The Bertz CT molecular complexity index is 428. The van der Waals surface area contributed by atoms with E-state index in [-0.39, 0.29) is 11.3 Å². The van der Waals surface area contributed by atoms with Gasteiger partial charge in [-0.2, -0.15) is 0 Å². The first kappa shape index (κ1) is 13.6. The number of hydrogen-bond donors (Lipinski definition) is 1. The lowest BCUT2D eigenvalue weighted by molar-refractivity contribution is -0.119. The Labute approximate surface area is 116 Å². The van der Waals surface area contributed by atoms with Crippen LogP contribution in [0, 0.1) is 0 Å². The summed E-state index contributed by atoms with van der Waals surface area (Å²) in [7, 11) is 0. The molecule has 0 bridgehead atoms. The molecule has 1 aliphatic rings. The Hall–Kier alpha value is -0.870. The van der Waals surface area contributed by atoms with Gasteiger partial charge in [0.2, 0.25) is 5.91 Å². The standard InChI is InChI=1S/C14H18BrNO2/c1-11(17)16-10-14(5-7-18-8-6-14)12-3-2-4-13(15)9-12/h2-4,9H,5-8,10H2,1H3,(H,16,17). The number of carbonyl (C=O) groups excluding carboxylic acids is 1. The van der Waals surface area contributed by atoms with Crippen LogP contribution in [0.4, 0.5) is 0 Å². The first-order chi connectivity index (χ1) is 8.62. The van der Waals surface area contributed by atoms with Crippen molar-refractivity contribution in [2.75, 3.05) is 19.8 Å². The van der Waals surface area contributed by atoms with E-state index in [2.05, 4.69) is 33.4 Å². The second-order valence-electron chi connectivity index (χ2n) is 4.81. The van der Waals surface area contributed by atoms with Crippen molar-refractivity contribution in [1.29, 1.82) is 0 Å².